The van der Waals surface area contributed by atoms with Crippen LogP contribution in [0.2, 0.25) is 0 Å². The van der Waals surface area contributed by atoms with Crippen LogP contribution in [0.25, 0.3) is 0 Å². The Labute approximate surface area is 107 Å². The predicted octanol–water partition coefficient (Wildman–Crippen LogP) is 3.90. The van der Waals surface area contributed by atoms with Crippen molar-refractivity contribution in [2.24, 2.45) is 5.92 Å². The molecule has 0 radical (unpaired) electrons. The molecule has 0 aromatic heterocycles. The van der Waals surface area contributed by atoms with E-state index in [2.05, 4.69) is 6.92 Å². The van der Waals surface area contributed by atoms with E-state index in [1.807, 2.05) is 0 Å². The Morgan fingerprint density at radius 1 is 0.706 bits per heavy atom. The molecule has 0 aromatic rings. The lowest BCUT2D eigenvalue weighted by atomic mass is 9.96. The molecule has 17 heavy (non-hydrogen) atoms. The van der Waals surface area contributed by atoms with Gasteiger partial charge in [-0.25, -0.2) is 0 Å². The van der Waals surface area contributed by atoms with Crippen LogP contribution >= 0.6 is 0 Å². The Morgan fingerprint density at radius 2 is 1.24 bits per heavy atom. The fraction of sp³-hybridized carbons (Fsp3) is 1.00. The summed E-state index contributed by atoms with van der Waals surface area (Å²) in [6.07, 6.45) is 13.7. The van der Waals surface area contributed by atoms with Crippen molar-refractivity contribution in [2.45, 2.75) is 77.6 Å². The van der Waals surface area contributed by atoms with Gasteiger partial charge in [-0.05, 0) is 25.2 Å². The normalized spacial score (nSPS) is 12.9. The van der Waals surface area contributed by atoms with Crippen molar-refractivity contribution < 1.29 is 10.2 Å². The van der Waals surface area contributed by atoms with Crippen molar-refractivity contribution in [3.8, 4) is 0 Å². The van der Waals surface area contributed by atoms with Gasteiger partial charge in [0.25, 0.3) is 0 Å². The number of hydrogen-bond donors (Lipinski definition) is 2. The topological polar surface area (TPSA) is 40.5 Å². The molecule has 0 heterocycles. The molecule has 0 aliphatic rings. The average molecular weight is 244 g/mol. The second-order valence-corrected chi connectivity index (χ2v) is 5.18. The van der Waals surface area contributed by atoms with Gasteiger partial charge in [0.1, 0.15) is 0 Å². The minimum absolute atomic E-state index is 0.258. The molecule has 104 valence electrons. The van der Waals surface area contributed by atoms with Crippen LogP contribution in [-0.2, 0) is 0 Å². The fourth-order valence-corrected chi connectivity index (χ4v) is 2.27. The summed E-state index contributed by atoms with van der Waals surface area (Å²) in [5.41, 5.74) is 0. The highest BCUT2D eigenvalue weighted by molar-refractivity contribution is 4.58. The number of aliphatic hydroxyl groups excluding tert-OH is 2. The van der Waals surface area contributed by atoms with Crippen LogP contribution in [0.15, 0.2) is 0 Å². The Balaban J connectivity index is 3.19. The molecule has 0 amide bonds. The van der Waals surface area contributed by atoms with E-state index < -0.39 is 0 Å². The van der Waals surface area contributed by atoms with Gasteiger partial charge >= 0.3 is 0 Å². The van der Waals surface area contributed by atoms with E-state index in [0.717, 1.165) is 19.3 Å². The van der Waals surface area contributed by atoms with Crippen molar-refractivity contribution in [1.82, 2.24) is 0 Å². The van der Waals surface area contributed by atoms with Gasteiger partial charge in [0, 0.05) is 13.2 Å². The van der Waals surface area contributed by atoms with Gasteiger partial charge in [-0.3, -0.25) is 0 Å². The van der Waals surface area contributed by atoms with Crippen LogP contribution in [-0.4, -0.2) is 23.4 Å². The number of hydrogen-bond acceptors (Lipinski definition) is 2. The Kier molecular flexibility index (Phi) is 13.9. The third-order valence-electron chi connectivity index (χ3n) is 3.49. The molecule has 2 N–H and O–H groups in total. The highest BCUT2D eigenvalue weighted by Gasteiger charge is 2.06. The molecule has 0 bridgehead atoms. The average Bonchev–Trinajstić information content (AvgIpc) is 2.36. The van der Waals surface area contributed by atoms with E-state index in [9.17, 15) is 5.11 Å². The molecule has 0 aliphatic heterocycles. The van der Waals surface area contributed by atoms with Gasteiger partial charge < -0.3 is 10.2 Å². The molecule has 0 fully saturated rings. The van der Waals surface area contributed by atoms with E-state index in [1.165, 1.54) is 51.4 Å². The van der Waals surface area contributed by atoms with Crippen LogP contribution in [0.5, 0.6) is 0 Å². The van der Waals surface area contributed by atoms with E-state index in [0.29, 0.717) is 5.92 Å². The van der Waals surface area contributed by atoms with Crippen LogP contribution in [0, 0.1) is 5.92 Å². The number of aliphatic hydroxyl groups is 2. The Morgan fingerprint density at radius 3 is 1.76 bits per heavy atom. The fourth-order valence-electron chi connectivity index (χ4n) is 2.27. The van der Waals surface area contributed by atoms with Gasteiger partial charge in [-0.15, -0.1) is 0 Å². The SMILES string of the molecule is CCCCCCCCCCC(CO)CCCO. The van der Waals surface area contributed by atoms with Crippen LogP contribution in [0.4, 0.5) is 0 Å². The largest absolute Gasteiger partial charge is 0.396 e. The van der Waals surface area contributed by atoms with E-state index >= 15 is 0 Å². The smallest absolute Gasteiger partial charge is 0.0459 e. The molecule has 0 spiro atoms. The summed E-state index contributed by atoms with van der Waals surface area (Å²) >= 11 is 0. The Hall–Kier alpha value is -0.0800. The maximum atomic E-state index is 9.17. The van der Waals surface area contributed by atoms with Crippen LogP contribution in [0.3, 0.4) is 0 Å². The van der Waals surface area contributed by atoms with Crippen molar-refractivity contribution >= 4 is 0 Å². The summed E-state index contributed by atoms with van der Waals surface area (Å²) in [5, 5.41) is 17.9. The van der Waals surface area contributed by atoms with Crippen LogP contribution < -0.4 is 0 Å². The monoisotopic (exact) mass is 244 g/mol. The van der Waals surface area contributed by atoms with Gasteiger partial charge in [0.05, 0.1) is 0 Å². The summed E-state index contributed by atoms with van der Waals surface area (Å²) in [4.78, 5) is 0. The first-order valence-corrected chi connectivity index (χ1v) is 7.56. The predicted molar refractivity (Wildman–Crippen MR) is 74.1 cm³/mol. The van der Waals surface area contributed by atoms with E-state index in [4.69, 9.17) is 5.11 Å². The molecule has 0 aromatic carbocycles. The second kappa shape index (κ2) is 14.0. The molecule has 0 rings (SSSR count). The minimum Gasteiger partial charge on any atom is -0.396 e. The third kappa shape index (κ3) is 12.2. The lowest BCUT2D eigenvalue weighted by Crippen LogP contribution is -2.06. The van der Waals surface area contributed by atoms with Gasteiger partial charge in [0.2, 0.25) is 0 Å². The van der Waals surface area contributed by atoms with Crippen molar-refractivity contribution in [3.63, 3.8) is 0 Å². The van der Waals surface area contributed by atoms with E-state index in [1.54, 1.807) is 0 Å². The summed E-state index contributed by atoms with van der Waals surface area (Å²) in [7, 11) is 0. The van der Waals surface area contributed by atoms with Gasteiger partial charge in [-0.2, -0.15) is 0 Å². The maximum absolute atomic E-state index is 9.17. The molecule has 1 unspecified atom stereocenters. The Bertz CT molecular complexity index is 137. The number of rotatable bonds is 13. The molecular weight excluding hydrogens is 212 g/mol. The molecular formula is C15H32O2. The summed E-state index contributed by atoms with van der Waals surface area (Å²) in [6.45, 7) is 2.80. The molecule has 0 saturated carbocycles. The molecule has 0 saturated heterocycles. The number of unbranched alkanes of at least 4 members (excludes halogenated alkanes) is 7. The van der Waals surface area contributed by atoms with Crippen molar-refractivity contribution in [1.29, 1.82) is 0 Å². The van der Waals surface area contributed by atoms with Gasteiger partial charge in [-0.1, -0.05) is 58.3 Å². The third-order valence-corrected chi connectivity index (χ3v) is 3.49. The zero-order valence-electron chi connectivity index (χ0n) is 11.7. The lowest BCUT2D eigenvalue weighted by molar-refractivity contribution is 0.191. The maximum Gasteiger partial charge on any atom is 0.0459 e. The zero-order chi connectivity index (χ0) is 12.8. The van der Waals surface area contributed by atoms with Crippen LogP contribution in [0.1, 0.15) is 77.6 Å². The first-order valence-electron chi connectivity index (χ1n) is 7.56. The zero-order valence-corrected chi connectivity index (χ0v) is 11.7. The quantitative estimate of drug-likeness (QED) is 0.482. The first-order chi connectivity index (χ1) is 8.35. The standard InChI is InChI=1S/C15H32O2/c1-2-3-4-5-6-7-8-9-11-15(14-17)12-10-13-16/h15-17H,2-14H2,1H3. The van der Waals surface area contributed by atoms with Crippen molar-refractivity contribution in [3.05, 3.63) is 0 Å². The summed E-state index contributed by atoms with van der Waals surface area (Å²) in [5.74, 6) is 0.419. The minimum atomic E-state index is 0.258. The summed E-state index contributed by atoms with van der Waals surface area (Å²) < 4.78 is 0. The highest BCUT2D eigenvalue weighted by Crippen LogP contribution is 2.16. The van der Waals surface area contributed by atoms with E-state index in [-0.39, 0.29) is 13.2 Å². The first kappa shape index (κ1) is 16.9. The molecule has 0 aliphatic carbocycles. The second-order valence-electron chi connectivity index (χ2n) is 5.18. The molecule has 1 atom stereocenters. The molecule has 2 nitrogen and oxygen atoms in total. The summed E-state index contributed by atoms with van der Waals surface area (Å²) in [6, 6.07) is 0. The van der Waals surface area contributed by atoms with Gasteiger partial charge in [0.15, 0.2) is 0 Å². The lowest BCUT2D eigenvalue weighted by Gasteiger charge is -2.12. The van der Waals surface area contributed by atoms with Crippen molar-refractivity contribution in [2.75, 3.05) is 13.2 Å². The molecule has 2 heteroatoms. The highest BCUT2D eigenvalue weighted by atomic mass is 16.3.